The maximum Gasteiger partial charge on any atom is 0.269 e. The number of hydrogen-bond acceptors (Lipinski definition) is 3. The van der Waals surface area contributed by atoms with Gasteiger partial charge in [-0.1, -0.05) is 30.4 Å². The van der Waals surface area contributed by atoms with Crippen molar-refractivity contribution in [2.75, 3.05) is 0 Å². The highest BCUT2D eigenvalue weighted by atomic mass is 79.9. The Bertz CT molecular complexity index is 1580. The molecule has 5 rings (SSSR count). The first-order chi connectivity index (χ1) is 14.8. The van der Waals surface area contributed by atoms with Gasteiger partial charge >= 0.3 is 0 Å². The number of pyridine rings is 1. The van der Waals surface area contributed by atoms with Crippen molar-refractivity contribution in [2.45, 2.75) is 11.8 Å². The summed E-state index contributed by atoms with van der Waals surface area (Å²) in [4.78, 5) is 7.81. The summed E-state index contributed by atoms with van der Waals surface area (Å²) >= 11 is 3.46. The third-order valence-corrected chi connectivity index (χ3v) is 7.44. The van der Waals surface area contributed by atoms with E-state index in [-0.39, 0.29) is 4.90 Å². The van der Waals surface area contributed by atoms with E-state index in [9.17, 15) is 8.42 Å². The molecule has 0 unspecified atom stereocenters. The second-order valence-corrected chi connectivity index (χ2v) is 10.2. The molecule has 2 aromatic carbocycles. The van der Waals surface area contributed by atoms with Gasteiger partial charge in [-0.15, -0.1) is 0 Å². The standard InChI is InChI=1S/C24H18BrN3O2S/c1-15(2)16-3-6-20(7-4-16)31(29,30)28-14-22(21-12-19(25)13-27-24(21)28)17-5-8-23-18(11-17)9-10-26-23/h3-14,26H,1H2,2H3. The molecule has 31 heavy (non-hydrogen) atoms. The molecule has 3 aromatic heterocycles. The lowest BCUT2D eigenvalue weighted by Gasteiger charge is -2.08. The highest BCUT2D eigenvalue weighted by molar-refractivity contribution is 9.10. The smallest absolute Gasteiger partial charge is 0.269 e. The van der Waals surface area contributed by atoms with Gasteiger partial charge in [0, 0.05) is 39.5 Å². The highest BCUT2D eigenvalue weighted by Gasteiger charge is 2.23. The molecule has 0 aliphatic rings. The number of hydrogen-bond donors (Lipinski definition) is 1. The van der Waals surface area contributed by atoms with Gasteiger partial charge in [-0.3, -0.25) is 0 Å². The van der Waals surface area contributed by atoms with Crippen molar-refractivity contribution in [3.63, 3.8) is 0 Å². The van der Waals surface area contributed by atoms with Crippen LogP contribution in [0.25, 0.3) is 38.6 Å². The third-order valence-electron chi connectivity index (χ3n) is 5.35. The Morgan fingerprint density at radius 3 is 2.61 bits per heavy atom. The number of H-pyrrole nitrogens is 1. The molecule has 5 nitrogen and oxygen atoms in total. The minimum Gasteiger partial charge on any atom is -0.361 e. The van der Waals surface area contributed by atoms with Gasteiger partial charge in [0.05, 0.1) is 4.90 Å². The molecule has 0 saturated carbocycles. The zero-order valence-electron chi connectivity index (χ0n) is 16.6. The van der Waals surface area contributed by atoms with Crippen molar-refractivity contribution in [1.82, 2.24) is 13.9 Å². The Hall–Kier alpha value is -3.16. The van der Waals surface area contributed by atoms with Gasteiger partial charge in [-0.05, 0) is 75.8 Å². The van der Waals surface area contributed by atoms with Crippen LogP contribution in [0.4, 0.5) is 0 Å². The molecule has 1 N–H and O–H groups in total. The number of benzene rings is 2. The van der Waals surface area contributed by atoms with E-state index in [0.717, 1.165) is 43.0 Å². The van der Waals surface area contributed by atoms with Gasteiger partial charge in [0.25, 0.3) is 10.0 Å². The second-order valence-electron chi connectivity index (χ2n) is 7.45. The largest absolute Gasteiger partial charge is 0.361 e. The first-order valence-electron chi connectivity index (χ1n) is 9.60. The molecule has 0 spiro atoms. The molecule has 0 amide bonds. The van der Waals surface area contributed by atoms with E-state index in [0.29, 0.717) is 5.65 Å². The molecule has 154 valence electrons. The van der Waals surface area contributed by atoms with Crippen LogP contribution in [0.5, 0.6) is 0 Å². The Morgan fingerprint density at radius 1 is 1.10 bits per heavy atom. The van der Waals surface area contributed by atoms with Crippen LogP contribution in [0.3, 0.4) is 0 Å². The van der Waals surface area contributed by atoms with Gasteiger partial charge in [-0.2, -0.15) is 0 Å². The van der Waals surface area contributed by atoms with Crippen LogP contribution >= 0.6 is 15.9 Å². The van der Waals surface area contributed by atoms with Gasteiger partial charge < -0.3 is 4.98 Å². The fourth-order valence-electron chi connectivity index (χ4n) is 3.71. The van der Waals surface area contributed by atoms with Crippen molar-refractivity contribution >= 4 is 53.5 Å². The number of nitrogens with one attached hydrogen (secondary N) is 1. The molecule has 0 aliphatic heterocycles. The van der Waals surface area contributed by atoms with E-state index >= 15 is 0 Å². The average Bonchev–Trinajstić information content (AvgIpc) is 3.37. The van der Waals surface area contributed by atoms with E-state index in [1.54, 1.807) is 36.7 Å². The quantitative estimate of drug-likeness (QED) is 0.324. The third kappa shape index (κ3) is 3.30. The van der Waals surface area contributed by atoms with Crippen LogP contribution in [-0.2, 0) is 10.0 Å². The number of allylic oxidation sites excluding steroid dienone is 1. The van der Waals surface area contributed by atoms with Crippen LogP contribution in [0.2, 0.25) is 0 Å². The van der Waals surface area contributed by atoms with Gasteiger partial charge in [-0.25, -0.2) is 17.4 Å². The SMILES string of the molecule is C=C(C)c1ccc(S(=O)(=O)n2cc(-c3ccc4[nH]ccc4c3)c3cc(Br)cnc32)cc1. The molecule has 5 aromatic rings. The summed E-state index contributed by atoms with van der Waals surface area (Å²) in [5.41, 5.74) is 4.91. The minimum absolute atomic E-state index is 0.201. The van der Waals surface area contributed by atoms with Crippen molar-refractivity contribution < 1.29 is 8.42 Å². The highest BCUT2D eigenvalue weighted by Crippen LogP contribution is 2.35. The molecule has 0 saturated heterocycles. The van der Waals surface area contributed by atoms with Gasteiger partial charge in [0.2, 0.25) is 0 Å². The van der Waals surface area contributed by atoms with E-state index < -0.39 is 10.0 Å². The number of aromatic nitrogens is 3. The lowest BCUT2D eigenvalue weighted by molar-refractivity contribution is 0.589. The average molecular weight is 492 g/mol. The minimum atomic E-state index is -3.84. The number of aromatic amines is 1. The summed E-state index contributed by atoms with van der Waals surface area (Å²) in [5, 5.41) is 1.81. The van der Waals surface area contributed by atoms with E-state index in [1.807, 2.05) is 43.5 Å². The van der Waals surface area contributed by atoms with E-state index in [1.165, 1.54) is 3.97 Å². The summed E-state index contributed by atoms with van der Waals surface area (Å²) < 4.78 is 29.1. The second kappa shape index (κ2) is 7.21. The summed E-state index contributed by atoms with van der Waals surface area (Å²) in [6.07, 6.45) is 5.15. The zero-order chi connectivity index (χ0) is 21.8. The fourth-order valence-corrected chi connectivity index (χ4v) is 5.37. The lowest BCUT2D eigenvalue weighted by Crippen LogP contribution is -2.12. The zero-order valence-corrected chi connectivity index (χ0v) is 19.0. The first-order valence-corrected chi connectivity index (χ1v) is 11.8. The molecule has 0 fully saturated rings. The Labute approximate surface area is 188 Å². The molecular formula is C24H18BrN3O2S. The maximum absolute atomic E-state index is 13.5. The molecule has 0 atom stereocenters. The van der Waals surface area contributed by atoms with Crippen molar-refractivity contribution in [2.24, 2.45) is 0 Å². The number of fused-ring (bicyclic) bond motifs is 2. The Kier molecular flexibility index (Phi) is 4.60. The Balaban J connectivity index is 1.73. The molecular weight excluding hydrogens is 474 g/mol. The number of rotatable bonds is 4. The first kappa shape index (κ1) is 19.8. The summed E-state index contributed by atoms with van der Waals surface area (Å²) in [7, 11) is -3.84. The summed E-state index contributed by atoms with van der Waals surface area (Å²) in [6.45, 7) is 5.80. The summed E-state index contributed by atoms with van der Waals surface area (Å²) in [5.74, 6) is 0. The Morgan fingerprint density at radius 2 is 1.87 bits per heavy atom. The molecule has 0 bridgehead atoms. The predicted molar refractivity (Wildman–Crippen MR) is 128 cm³/mol. The van der Waals surface area contributed by atoms with Crippen molar-refractivity contribution in [3.8, 4) is 11.1 Å². The van der Waals surface area contributed by atoms with Gasteiger partial charge in [0.15, 0.2) is 5.65 Å². The normalized spacial score (nSPS) is 11.9. The van der Waals surface area contributed by atoms with Crippen LogP contribution in [0.1, 0.15) is 12.5 Å². The van der Waals surface area contributed by atoms with Gasteiger partial charge in [0.1, 0.15) is 0 Å². The fraction of sp³-hybridized carbons (Fsp3) is 0.0417. The molecule has 0 aliphatic carbocycles. The maximum atomic E-state index is 13.5. The van der Waals surface area contributed by atoms with E-state index in [4.69, 9.17) is 0 Å². The number of halogens is 1. The molecule has 3 heterocycles. The summed E-state index contributed by atoms with van der Waals surface area (Å²) in [6, 6.07) is 16.7. The molecule has 0 radical (unpaired) electrons. The van der Waals surface area contributed by atoms with Crippen LogP contribution in [-0.4, -0.2) is 22.4 Å². The number of nitrogens with zero attached hydrogens (tertiary/aromatic N) is 2. The van der Waals surface area contributed by atoms with Crippen molar-refractivity contribution in [3.05, 3.63) is 89.8 Å². The predicted octanol–water partition coefficient (Wildman–Crippen LogP) is 6.22. The lowest BCUT2D eigenvalue weighted by atomic mass is 10.0. The van der Waals surface area contributed by atoms with Crippen LogP contribution < -0.4 is 0 Å². The monoisotopic (exact) mass is 491 g/mol. The van der Waals surface area contributed by atoms with Crippen LogP contribution in [0.15, 0.2) is 89.1 Å². The molecule has 7 heteroatoms. The van der Waals surface area contributed by atoms with E-state index in [2.05, 4.69) is 32.5 Å². The topological polar surface area (TPSA) is 67.8 Å². The van der Waals surface area contributed by atoms with Crippen molar-refractivity contribution in [1.29, 1.82) is 0 Å². The van der Waals surface area contributed by atoms with Crippen LogP contribution in [0, 0.1) is 0 Å².